The first-order chi connectivity index (χ1) is 11.0. The van der Waals surface area contributed by atoms with Crippen molar-refractivity contribution in [1.29, 1.82) is 0 Å². The molecule has 2 aromatic rings. The molecule has 2 amide bonds. The summed E-state index contributed by atoms with van der Waals surface area (Å²) in [7, 11) is 0. The Morgan fingerprint density at radius 1 is 1.48 bits per heavy atom. The number of hydrogen-bond donors (Lipinski definition) is 1. The van der Waals surface area contributed by atoms with Gasteiger partial charge in [-0.25, -0.2) is 18.6 Å². The van der Waals surface area contributed by atoms with E-state index in [9.17, 15) is 13.6 Å². The molecule has 2 aromatic heterocycles. The molecule has 1 aliphatic heterocycles. The lowest BCUT2D eigenvalue weighted by Gasteiger charge is -2.16. The van der Waals surface area contributed by atoms with Crippen LogP contribution in [0.3, 0.4) is 0 Å². The van der Waals surface area contributed by atoms with Gasteiger partial charge in [0.1, 0.15) is 5.69 Å². The van der Waals surface area contributed by atoms with E-state index in [1.54, 1.807) is 11.1 Å². The fourth-order valence-corrected chi connectivity index (χ4v) is 3.84. The minimum Gasteiger partial charge on any atom is -0.322 e. The summed E-state index contributed by atoms with van der Waals surface area (Å²) < 4.78 is 26.1. The minimum absolute atomic E-state index is 0.115. The molecule has 122 valence electrons. The van der Waals surface area contributed by atoms with E-state index in [0.717, 1.165) is 16.3 Å². The van der Waals surface area contributed by atoms with Crippen LogP contribution in [0, 0.1) is 12.8 Å². The second kappa shape index (κ2) is 4.98. The molecule has 23 heavy (non-hydrogen) atoms. The smallest absolute Gasteiger partial charge is 0.322 e. The molecule has 1 saturated heterocycles. The zero-order valence-electron chi connectivity index (χ0n) is 12.4. The number of aromatic amines is 1. The maximum absolute atomic E-state index is 13.0. The highest BCUT2D eigenvalue weighted by Crippen LogP contribution is 2.49. The Kier molecular flexibility index (Phi) is 3.15. The van der Waals surface area contributed by atoms with Gasteiger partial charge in [0.2, 0.25) is 0 Å². The van der Waals surface area contributed by atoms with Crippen molar-refractivity contribution in [2.45, 2.75) is 19.3 Å². The first kappa shape index (κ1) is 14.6. The third-order valence-corrected chi connectivity index (χ3v) is 5.44. The van der Waals surface area contributed by atoms with Crippen molar-refractivity contribution in [3.8, 4) is 10.6 Å². The molecule has 1 atom stereocenters. The second-order valence-corrected chi connectivity index (χ2v) is 6.89. The van der Waals surface area contributed by atoms with Gasteiger partial charge in [-0.2, -0.15) is 5.10 Å². The summed E-state index contributed by atoms with van der Waals surface area (Å²) in [6.45, 7) is 2.93. The van der Waals surface area contributed by atoms with Crippen LogP contribution < -0.4 is 4.90 Å². The zero-order valence-corrected chi connectivity index (χ0v) is 13.2. The third-order valence-electron chi connectivity index (χ3n) is 4.24. The Bertz CT molecular complexity index is 744. The van der Waals surface area contributed by atoms with Gasteiger partial charge < -0.3 is 4.90 Å². The maximum Gasteiger partial charge on any atom is 0.326 e. The van der Waals surface area contributed by atoms with Gasteiger partial charge in [0.25, 0.3) is 5.92 Å². The number of halogens is 2. The molecule has 3 heterocycles. The molecule has 4 rings (SSSR count). The van der Waals surface area contributed by atoms with Gasteiger partial charge in [0, 0.05) is 38.2 Å². The second-order valence-electron chi connectivity index (χ2n) is 5.91. The Labute approximate surface area is 135 Å². The van der Waals surface area contributed by atoms with Crippen LogP contribution in [0.25, 0.3) is 10.6 Å². The highest BCUT2D eigenvalue weighted by atomic mass is 32.1. The molecule has 6 nitrogen and oxygen atoms in total. The van der Waals surface area contributed by atoms with Crippen molar-refractivity contribution in [3.05, 3.63) is 18.0 Å². The number of carbonyl (C=O) groups excluding carboxylic acids is 1. The van der Waals surface area contributed by atoms with Gasteiger partial charge in [-0.1, -0.05) is 11.3 Å². The van der Waals surface area contributed by atoms with Gasteiger partial charge in [0.05, 0.1) is 10.6 Å². The molecule has 1 N–H and O–H groups in total. The maximum atomic E-state index is 13.0. The van der Waals surface area contributed by atoms with Crippen LogP contribution in [-0.2, 0) is 0 Å². The first-order valence-corrected chi connectivity index (χ1v) is 8.19. The summed E-state index contributed by atoms with van der Waals surface area (Å²) in [5.41, 5.74) is 1.59. The standard InChI is InChI=1S/C14H15F2N5OS/c1-8-11(10-2-3-17-19-10)23-12(18-8)21-5-4-20(13(21)22)7-9-6-14(9,15)16/h2-3,9H,4-7H2,1H3,(H,17,19). The molecule has 0 spiro atoms. The molecule has 0 aromatic carbocycles. The van der Waals surface area contributed by atoms with Crippen LogP contribution in [0.2, 0.25) is 0 Å². The number of urea groups is 1. The van der Waals surface area contributed by atoms with Gasteiger partial charge >= 0.3 is 6.03 Å². The molecule has 9 heteroatoms. The number of carbonyl (C=O) groups is 1. The summed E-state index contributed by atoms with van der Waals surface area (Å²) in [4.78, 5) is 20.9. The predicted molar refractivity (Wildman–Crippen MR) is 81.8 cm³/mol. The van der Waals surface area contributed by atoms with Gasteiger partial charge in [-0.05, 0) is 13.0 Å². The Morgan fingerprint density at radius 3 is 2.91 bits per heavy atom. The highest BCUT2D eigenvalue weighted by molar-refractivity contribution is 7.19. The lowest BCUT2D eigenvalue weighted by molar-refractivity contribution is 0.0924. The molecule has 0 bridgehead atoms. The number of nitrogens with one attached hydrogen (secondary N) is 1. The molecular weight excluding hydrogens is 324 g/mol. The summed E-state index contributed by atoms with van der Waals surface area (Å²) in [6, 6.07) is 1.60. The normalized spacial score (nSPS) is 22.9. The summed E-state index contributed by atoms with van der Waals surface area (Å²) in [6.07, 6.45) is 1.61. The van der Waals surface area contributed by atoms with E-state index >= 15 is 0 Å². The van der Waals surface area contributed by atoms with E-state index in [2.05, 4.69) is 15.2 Å². The zero-order chi connectivity index (χ0) is 16.2. The predicted octanol–water partition coefficient (Wildman–Crippen LogP) is 2.74. The fourth-order valence-electron chi connectivity index (χ4n) is 2.79. The van der Waals surface area contributed by atoms with Crippen LogP contribution in [-0.4, -0.2) is 51.7 Å². The van der Waals surface area contributed by atoms with Crippen molar-refractivity contribution in [2.24, 2.45) is 5.92 Å². The Balaban J connectivity index is 1.51. The van der Waals surface area contributed by atoms with E-state index in [1.807, 2.05) is 13.0 Å². The molecular formula is C14H15F2N5OS. The molecule has 1 saturated carbocycles. The number of thiazole rings is 1. The molecule has 2 aliphatic rings. The summed E-state index contributed by atoms with van der Waals surface area (Å²) >= 11 is 1.39. The number of H-pyrrole nitrogens is 1. The number of amides is 2. The van der Waals surface area contributed by atoms with Crippen LogP contribution in [0.4, 0.5) is 18.7 Å². The van der Waals surface area contributed by atoms with E-state index < -0.39 is 11.8 Å². The topological polar surface area (TPSA) is 65.1 Å². The van der Waals surface area contributed by atoms with Gasteiger partial charge in [0.15, 0.2) is 5.13 Å². The quantitative estimate of drug-likeness (QED) is 0.931. The van der Waals surface area contributed by atoms with Crippen LogP contribution in [0.5, 0.6) is 0 Å². The average molecular weight is 339 g/mol. The lowest BCUT2D eigenvalue weighted by Crippen LogP contribution is -2.33. The number of hydrogen-bond acceptors (Lipinski definition) is 4. The van der Waals surface area contributed by atoms with Crippen molar-refractivity contribution in [2.75, 3.05) is 24.5 Å². The number of aromatic nitrogens is 3. The van der Waals surface area contributed by atoms with Crippen LogP contribution >= 0.6 is 11.3 Å². The summed E-state index contributed by atoms with van der Waals surface area (Å²) in [5.74, 6) is -3.29. The summed E-state index contributed by atoms with van der Waals surface area (Å²) in [5, 5.41) is 7.48. The SMILES string of the molecule is Cc1nc(N2CCN(CC3CC3(F)F)C2=O)sc1-c1cc[nH]n1. The average Bonchev–Trinajstić information content (AvgIpc) is 2.96. The number of nitrogens with zero attached hydrogens (tertiary/aromatic N) is 4. The molecule has 1 aliphatic carbocycles. The first-order valence-electron chi connectivity index (χ1n) is 7.37. The minimum atomic E-state index is -2.60. The van der Waals surface area contributed by atoms with Crippen molar-refractivity contribution in [1.82, 2.24) is 20.1 Å². The van der Waals surface area contributed by atoms with E-state index in [-0.39, 0.29) is 19.0 Å². The largest absolute Gasteiger partial charge is 0.326 e. The van der Waals surface area contributed by atoms with Gasteiger partial charge in [-0.3, -0.25) is 10.00 Å². The van der Waals surface area contributed by atoms with E-state index in [4.69, 9.17) is 0 Å². The number of rotatable bonds is 4. The number of aryl methyl sites for hydroxylation is 1. The fraction of sp³-hybridized carbons (Fsp3) is 0.500. The number of anilines is 1. The van der Waals surface area contributed by atoms with E-state index in [1.165, 1.54) is 16.2 Å². The monoisotopic (exact) mass is 339 g/mol. The van der Waals surface area contributed by atoms with Crippen molar-refractivity contribution in [3.63, 3.8) is 0 Å². The molecule has 2 fully saturated rings. The highest BCUT2D eigenvalue weighted by Gasteiger charge is 2.58. The van der Waals surface area contributed by atoms with Crippen LogP contribution in [0.15, 0.2) is 12.3 Å². The van der Waals surface area contributed by atoms with E-state index in [0.29, 0.717) is 18.2 Å². The van der Waals surface area contributed by atoms with Crippen molar-refractivity contribution >= 4 is 22.5 Å². The Hall–Kier alpha value is -2.03. The Morgan fingerprint density at radius 2 is 2.26 bits per heavy atom. The third kappa shape index (κ3) is 2.48. The van der Waals surface area contributed by atoms with Gasteiger partial charge in [-0.15, -0.1) is 0 Å². The molecule has 0 radical (unpaired) electrons. The molecule has 1 unspecified atom stereocenters. The number of alkyl halides is 2. The van der Waals surface area contributed by atoms with Crippen molar-refractivity contribution < 1.29 is 13.6 Å². The lowest BCUT2D eigenvalue weighted by atomic mass is 10.3. The van der Waals surface area contributed by atoms with Crippen LogP contribution in [0.1, 0.15) is 12.1 Å².